The van der Waals surface area contributed by atoms with Crippen molar-refractivity contribution in [3.05, 3.63) is 42.7 Å². The predicted octanol–water partition coefficient (Wildman–Crippen LogP) is 2.42. The van der Waals surface area contributed by atoms with Crippen LogP contribution in [0.3, 0.4) is 0 Å². The van der Waals surface area contributed by atoms with Crippen molar-refractivity contribution >= 4 is 5.69 Å². The maximum Gasteiger partial charge on any atom is 0.0795 e. The molecule has 3 heteroatoms. The van der Waals surface area contributed by atoms with E-state index in [1.807, 2.05) is 12.1 Å². The lowest BCUT2D eigenvalue weighted by molar-refractivity contribution is 0.199. The van der Waals surface area contributed by atoms with Gasteiger partial charge < -0.3 is 10.8 Å². The van der Waals surface area contributed by atoms with Crippen LogP contribution >= 0.6 is 0 Å². The Labute approximate surface area is 77.5 Å². The molecule has 1 unspecified atom stereocenters. The number of nitrogen functional groups attached to an aromatic ring is 1. The van der Waals surface area contributed by atoms with Crippen LogP contribution in [0.25, 0.3) is 0 Å². The van der Waals surface area contributed by atoms with Crippen LogP contribution in [0.2, 0.25) is 0 Å². The first-order valence-electron chi connectivity index (χ1n) is 3.86. The van der Waals surface area contributed by atoms with E-state index in [4.69, 9.17) is 10.8 Å². The smallest absolute Gasteiger partial charge is 0.0795 e. The molecule has 0 aromatic heterocycles. The molecule has 1 aromatic rings. The van der Waals surface area contributed by atoms with Gasteiger partial charge in [0.25, 0.3) is 0 Å². The summed E-state index contributed by atoms with van der Waals surface area (Å²) in [5.41, 5.74) is 7.04. The van der Waals surface area contributed by atoms with Crippen LogP contribution in [-0.4, -0.2) is 5.11 Å². The Bertz CT molecular complexity index is 261. The standard InChI is InChI=1S/C8H11NO.C2H3F/c1-6(10)7-3-2-4-8(9)5-7;1-2-3/h2-6,10H,9H2,1H3;2H,1H2. The number of aliphatic hydroxyl groups is 1. The van der Waals surface area contributed by atoms with Gasteiger partial charge in [0.2, 0.25) is 0 Å². The Morgan fingerprint density at radius 1 is 1.62 bits per heavy atom. The molecular formula is C10H14FNO. The molecule has 13 heavy (non-hydrogen) atoms. The molecule has 0 saturated carbocycles. The van der Waals surface area contributed by atoms with E-state index in [1.165, 1.54) is 0 Å². The molecule has 1 atom stereocenters. The summed E-state index contributed by atoms with van der Waals surface area (Å²) in [6.45, 7) is 4.41. The van der Waals surface area contributed by atoms with Crippen LogP contribution in [0.1, 0.15) is 18.6 Å². The highest BCUT2D eigenvalue weighted by Gasteiger charge is 1.98. The van der Waals surface area contributed by atoms with Crippen molar-refractivity contribution in [3.63, 3.8) is 0 Å². The second-order valence-corrected chi connectivity index (χ2v) is 2.50. The first-order chi connectivity index (χ1) is 6.11. The van der Waals surface area contributed by atoms with Gasteiger partial charge in [0.15, 0.2) is 0 Å². The SMILES string of the molecule is C=CF.CC(O)c1cccc(N)c1. The van der Waals surface area contributed by atoms with Gasteiger partial charge in [-0.2, -0.15) is 0 Å². The van der Waals surface area contributed by atoms with Gasteiger partial charge in [-0.3, -0.25) is 0 Å². The third-order valence-electron chi connectivity index (χ3n) is 1.39. The van der Waals surface area contributed by atoms with Gasteiger partial charge in [0.05, 0.1) is 12.4 Å². The molecule has 0 aliphatic heterocycles. The average molecular weight is 183 g/mol. The second kappa shape index (κ2) is 6.20. The van der Waals surface area contributed by atoms with Gasteiger partial charge in [0, 0.05) is 5.69 Å². The third kappa shape index (κ3) is 4.98. The normalized spacial score (nSPS) is 11.0. The number of nitrogens with two attached hydrogens (primary N) is 1. The summed E-state index contributed by atoms with van der Waals surface area (Å²) < 4.78 is 10.1. The van der Waals surface area contributed by atoms with Gasteiger partial charge in [-0.05, 0) is 24.6 Å². The summed E-state index contributed by atoms with van der Waals surface area (Å²) in [4.78, 5) is 0. The van der Waals surface area contributed by atoms with Crippen LogP contribution < -0.4 is 5.73 Å². The van der Waals surface area contributed by atoms with E-state index < -0.39 is 6.10 Å². The molecule has 0 aliphatic rings. The Morgan fingerprint density at radius 3 is 2.46 bits per heavy atom. The molecule has 0 heterocycles. The van der Waals surface area contributed by atoms with Crippen molar-refractivity contribution in [2.24, 2.45) is 0 Å². The van der Waals surface area contributed by atoms with E-state index in [1.54, 1.807) is 19.1 Å². The van der Waals surface area contributed by atoms with Crippen LogP contribution in [0.5, 0.6) is 0 Å². The van der Waals surface area contributed by atoms with E-state index >= 15 is 0 Å². The fourth-order valence-corrected chi connectivity index (χ4v) is 0.819. The lowest BCUT2D eigenvalue weighted by Gasteiger charge is -2.03. The highest BCUT2D eigenvalue weighted by Crippen LogP contribution is 2.13. The van der Waals surface area contributed by atoms with E-state index in [0.717, 1.165) is 5.56 Å². The summed E-state index contributed by atoms with van der Waals surface area (Å²) in [7, 11) is 0. The largest absolute Gasteiger partial charge is 0.399 e. The summed E-state index contributed by atoms with van der Waals surface area (Å²) in [6, 6.07) is 7.25. The van der Waals surface area contributed by atoms with Crippen molar-refractivity contribution in [1.82, 2.24) is 0 Å². The Kier molecular flexibility index (Phi) is 5.55. The first-order valence-corrected chi connectivity index (χ1v) is 3.86. The van der Waals surface area contributed by atoms with Gasteiger partial charge in [0.1, 0.15) is 0 Å². The lowest BCUT2D eigenvalue weighted by atomic mass is 10.1. The lowest BCUT2D eigenvalue weighted by Crippen LogP contribution is -1.92. The zero-order chi connectivity index (χ0) is 10.3. The van der Waals surface area contributed by atoms with Gasteiger partial charge >= 0.3 is 0 Å². The molecule has 0 aliphatic carbocycles. The summed E-state index contributed by atoms with van der Waals surface area (Å²) in [5.74, 6) is 0. The minimum atomic E-state index is -0.427. The highest BCUT2D eigenvalue weighted by atomic mass is 19.1. The first kappa shape index (κ1) is 11.6. The highest BCUT2D eigenvalue weighted by molar-refractivity contribution is 5.41. The summed E-state index contributed by atoms with van der Waals surface area (Å²) >= 11 is 0. The molecule has 72 valence electrons. The zero-order valence-corrected chi connectivity index (χ0v) is 7.57. The van der Waals surface area contributed by atoms with Crippen LogP contribution in [0.4, 0.5) is 10.1 Å². The van der Waals surface area contributed by atoms with Gasteiger partial charge in [-0.15, -0.1) is 0 Å². The molecule has 1 rings (SSSR count). The number of benzene rings is 1. The number of rotatable bonds is 1. The Hall–Kier alpha value is -1.35. The van der Waals surface area contributed by atoms with Crippen molar-refractivity contribution in [2.45, 2.75) is 13.0 Å². The molecule has 2 nitrogen and oxygen atoms in total. The quantitative estimate of drug-likeness (QED) is 0.657. The van der Waals surface area contributed by atoms with E-state index in [0.29, 0.717) is 5.69 Å². The molecular weight excluding hydrogens is 169 g/mol. The summed E-state index contributed by atoms with van der Waals surface area (Å²) in [5, 5.41) is 9.09. The Morgan fingerprint density at radius 2 is 2.15 bits per heavy atom. The van der Waals surface area contributed by atoms with Crippen LogP contribution in [0, 0.1) is 0 Å². The molecule has 1 aromatic carbocycles. The van der Waals surface area contributed by atoms with Crippen LogP contribution in [-0.2, 0) is 0 Å². The summed E-state index contributed by atoms with van der Waals surface area (Å²) in [6.07, 6.45) is -0.177. The number of aliphatic hydroxyl groups excluding tert-OH is 1. The molecule has 3 N–H and O–H groups in total. The van der Waals surface area contributed by atoms with E-state index in [2.05, 4.69) is 6.58 Å². The molecule has 0 saturated heterocycles. The fourth-order valence-electron chi connectivity index (χ4n) is 0.819. The average Bonchev–Trinajstić information content (AvgIpc) is 2.05. The topological polar surface area (TPSA) is 46.2 Å². The minimum Gasteiger partial charge on any atom is -0.399 e. The maximum absolute atomic E-state index is 10.1. The third-order valence-corrected chi connectivity index (χ3v) is 1.39. The number of hydrogen-bond donors (Lipinski definition) is 2. The van der Waals surface area contributed by atoms with E-state index in [-0.39, 0.29) is 6.33 Å². The van der Waals surface area contributed by atoms with Gasteiger partial charge in [-0.25, -0.2) is 4.39 Å². The van der Waals surface area contributed by atoms with Crippen molar-refractivity contribution in [3.8, 4) is 0 Å². The molecule has 0 fully saturated rings. The molecule has 0 bridgehead atoms. The number of anilines is 1. The van der Waals surface area contributed by atoms with Crippen molar-refractivity contribution in [1.29, 1.82) is 0 Å². The fraction of sp³-hybridized carbons (Fsp3) is 0.200. The maximum atomic E-state index is 10.1. The number of halogens is 1. The molecule has 0 amide bonds. The zero-order valence-electron chi connectivity index (χ0n) is 7.57. The second-order valence-electron chi connectivity index (χ2n) is 2.50. The Balaban J connectivity index is 0.000000424. The molecule has 0 spiro atoms. The van der Waals surface area contributed by atoms with Gasteiger partial charge in [-0.1, -0.05) is 18.7 Å². The van der Waals surface area contributed by atoms with Crippen molar-refractivity contribution < 1.29 is 9.50 Å². The monoisotopic (exact) mass is 183 g/mol. The number of hydrogen-bond acceptors (Lipinski definition) is 2. The predicted molar refractivity (Wildman–Crippen MR) is 52.8 cm³/mol. The van der Waals surface area contributed by atoms with Crippen LogP contribution in [0.15, 0.2) is 37.2 Å². The van der Waals surface area contributed by atoms with E-state index in [9.17, 15) is 4.39 Å². The van der Waals surface area contributed by atoms with Crippen molar-refractivity contribution in [2.75, 3.05) is 5.73 Å². The molecule has 0 radical (unpaired) electrons. The minimum absolute atomic E-state index is 0.250.